The summed E-state index contributed by atoms with van der Waals surface area (Å²) in [5.74, 6) is -1.66. The molecule has 0 bridgehead atoms. The average Bonchev–Trinajstić information content (AvgIpc) is 2.44. The fraction of sp³-hybridized carbons (Fsp3) is 0.375. The van der Waals surface area contributed by atoms with Gasteiger partial charge in [-0.2, -0.15) is 4.89 Å². The summed E-state index contributed by atoms with van der Waals surface area (Å²) >= 11 is 0. The molecule has 0 heterocycles. The van der Waals surface area contributed by atoms with Gasteiger partial charge in [0.2, 0.25) is 5.75 Å². The molecule has 0 aliphatic rings. The lowest BCUT2D eigenvalue weighted by Gasteiger charge is -2.23. The zero-order valence-corrected chi connectivity index (χ0v) is 12.9. The molecule has 0 aromatic heterocycles. The van der Waals surface area contributed by atoms with Crippen LogP contribution in [0.25, 0.3) is 0 Å². The first-order valence-electron chi connectivity index (χ1n) is 6.91. The van der Waals surface area contributed by atoms with Crippen LogP contribution in [0.2, 0.25) is 0 Å². The molecule has 0 amide bonds. The number of rotatable bonds is 8. The highest BCUT2D eigenvalue weighted by Crippen LogP contribution is 2.29. The molecule has 120 valence electrons. The number of esters is 1. The topological polar surface area (TPSA) is 82.1 Å². The van der Waals surface area contributed by atoms with Crippen LogP contribution in [0.15, 0.2) is 36.4 Å². The maximum Gasteiger partial charge on any atom is 0.336 e. The fourth-order valence-corrected chi connectivity index (χ4v) is 1.69. The lowest BCUT2D eigenvalue weighted by atomic mass is 10.0. The minimum Gasteiger partial charge on any atom is -0.478 e. The molecule has 1 rings (SSSR count). The highest BCUT2D eigenvalue weighted by atomic mass is 17.2. The zero-order valence-electron chi connectivity index (χ0n) is 12.9. The van der Waals surface area contributed by atoms with Crippen molar-refractivity contribution >= 4 is 11.9 Å². The summed E-state index contributed by atoms with van der Waals surface area (Å²) in [6.07, 6.45) is 3.26. The lowest BCUT2D eigenvalue weighted by molar-refractivity contribution is -0.283. The van der Waals surface area contributed by atoms with E-state index in [1.807, 2.05) is 20.8 Å². The zero-order chi connectivity index (χ0) is 16.6. The van der Waals surface area contributed by atoms with Gasteiger partial charge in [0.15, 0.2) is 5.75 Å². The summed E-state index contributed by atoms with van der Waals surface area (Å²) in [7, 11) is 0. The molecule has 0 aliphatic heterocycles. The maximum absolute atomic E-state index is 11.5. The number of aliphatic carboxylic acids is 1. The van der Waals surface area contributed by atoms with Crippen LogP contribution in [-0.4, -0.2) is 22.6 Å². The first-order valence-corrected chi connectivity index (χ1v) is 6.91. The van der Waals surface area contributed by atoms with E-state index in [1.165, 1.54) is 6.07 Å². The fourth-order valence-electron chi connectivity index (χ4n) is 1.69. The van der Waals surface area contributed by atoms with Crippen molar-refractivity contribution in [2.45, 2.75) is 39.2 Å². The first kappa shape index (κ1) is 17.7. The second-order valence-electron chi connectivity index (χ2n) is 5.22. The van der Waals surface area contributed by atoms with Crippen LogP contribution in [0.5, 0.6) is 11.5 Å². The first-order chi connectivity index (χ1) is 10.3. The standard InChI is InChI=1S/C16H20O6/c1-4-11-16(2,3)22-21-13-8-6-5-7-12(13)20-15(19)10-9-14(17)18/h5-10H,4,11H2,1-3H3,(H,17,18)/b10-9+. The van der Waals surface area contributed by atoms with Crippen molar-refractivity contribution < 1.29 is 29.2 Å². The predicted octanol–water partition coefficient (Wildman–Crippen LogP) is 3.12. The Morgan fingerprint density at radius 1 is 1.18 bits per heavy atom. The number of carbonyl (C=O) groups excluding carboxylic acids is 1. The molecule has 0 unspecified atom stereocenters. The predicted molar refractivity (Wildman–Crippen MR) is 79.6 cm³/mol. The van der Waals surface area contributed by atoms with Crippen molar-refractivity contribution in [1.29, 1.82) is 0 Å². The summed E-state index contributed by atoms with van der Waals surface area (Å²) in [4.78, 5) is 32.5. The van der Waals surface area contributed by atoms with Crippen molar-refractivity contribution in [3.63, 3.8) is 0 Å². The van der Waals surface area contributed by atoms with Crippen LogP contribution in [0.4, 0.5) is 0 Å². The third-order valence-corrected chi connectivity index (χ3v) is 2.63. The van der Waals surface area contributed by atoms with E-state index in [9.17, 15) is 9.59 Å². The summed E-state index contributed by atoms with van der Waals surface area (Å²) < 4.78 is 5.03. The van der Waals surface area contributed by atoms with Gasteiger partial charge in [0, 0.05) is 12.2 Å². The second-order valence-corrected chi connectivity index (χ2v) is 5.22. The molecule has 1 N–H and O–H groups in total. The smallest absolute Gasteiger partial charge is 0.336 e. The van der Waals surface area contributed by atoms with Crippen LogP contribution in [0, 0.1) is 0 Å². The van der Waals surface area contributed by atoms with Gasteiger partial charge in [-0.1, -0.05) is 25.5 Å². The molecule has 0 saturated heterocycles. The molecule has 6 nitrogen and oxygen atoms in total. The largest absolute Gasteiger partial charge is 0.478 e. The van der Waals surface area contributed by atoms with E-state index in [0.717, 1.165) is 18.9 Å². The number of carboxylic acids is 1. The van der Waals surface area contributed by atoms with Crippen molar-refractivity contribution in [2.75, 3.05) is 0 Å². The summed E-state index contributed by atoms with van der Waals surface area (Å²) in [6, 6.07) is 6.48. The highest BCUT2D eigenvalue weighted by molar-refractivity contribution is 5.91. The van der Waals surface area contributed by atoms with Crippen LogP contribution in [0.1, 0.15) is 33.6 Å². The third kappa shape index (κ3) is 6.41. The van der Waals surface area contributed by atoms with Crippen LogP contribution >= 0.6 is 0 Å². The Kier molecular flexibility index (Phi) is 6.59. The molecule has 0 aliphatic carbocycles. The average molecular weight is 308 g/mol. The molecule has 0 atom stereocenters. The Labute approximate surface area is 129 Å². The number of ether oxygens (including phenoxy) is 1. The molecule has 6 heteroatoms. The van der Waals surface area contributed by atoms with Crippen molar-refractivity contribution in [3.8, 4) is 11.5 Å². The van der Waals surface area contributed by atoms with Gasteiger partial charge in [-0.15, -0.1) is 0 Å². The Morgan fingerprint density at radius 2 is 1.82 bits per heavy atom. The summed E-state index contributed by atoms with van der Waals surface area (Å²) in [6.45, 7) is 5.82. The Hall–Kier alpha value is -2.34. The molecule has 0 saturated carbocycles. The van der Waals surface area contributed by atoms with Crippen LogP contribution in [-0.2, 0) is 14.5 Å². The van der Waals surface area contributed by atoms with Crippen LogP contribution < -0.4 is 9.62 Å². The van der Waals surface area contributed by atoms with E-state index in [4.69, 9.17) is 19.6 Å². The maximum atomic E-state index is 11.5. The second kappa shape index (κ2) is 8.19. The van der Waals surface area contributed by atoms with Gasteiger partial charge in [0.05, 0.1) is 0 Å². The van der Waals surface area contributed by atoms with Crippen molar-refractivity contribution in [3.05, 3.63) is 36.4 Å². The highest BCUT2D eigenvalue weighted by Gasteiger charge is 2.20. The third-order valence-electron chi connectivity index (χ3n) is 2.63. The van der Waals surface area contributed by atoms with Crippen molar-refractivity contribution in [1.82, 2.24) is 0 Å². The number of hydrogen-bond acceptors (Lipinski definition) is 5. The SMILES string of the molecule is CCCC(C)(C)OOc1ccccc1OC(=O)/C=C/C(=O)O. The Morgan fingerprint density at radius 3 is 2.41 bits per heavy atom. The molecule has 0 fully saturated rings. The molecular weight excluding hydrogens is 288 g/mol. The van der Waals surface area contributed by atoms with Crippen molar-refractivity contribution in [2.24, 2.45) is 0 Å². The molecular formula is C16H20O6. The number of benzene rings is 1. The molecule has 0 spiro atoms. The van der Waals surface area contributed by atoms with Crippen LogP contribution in [0.3, 0.4) is 0 Å². The summed E-state index contributed by atoms with van der Waals surface area (Å²) in [5.41, 5.74) is -0.477. The Bertz CT molecular complexity index is 547. The van der Waals surface area contributed by atoms with Gasteiger partial charge in [-0.05, 0) is 32.4 Å². The normalized spacial score (nSPS) is 11.4. The van der Waals surface area contributed by atoms with E-state index < -0.39 is 17.5 Å². The number of carboxylic acid groups (broad SMARTS) is 1. The summed E-state index contributed by atoms with van der Waals surface area (Å²) in [5, 5.41) is 8.47. The van der Waals surface area contributed by atoms with E-state index in [2.05, 4.69) is 0 Å². The van der Waals surface area contributed by atoms with Gasteiger partial charge in [-0.25, -0.2) is 9.59 Å². The van der Waals surface area contributed by atoms with Gasteiger partial charge in [-0.3, -0.25) is 0 Å². The minimum atomic E-state index is -1.23. The van der Waals surface area contributed by atoms with E-state index >= 15 is 0 Å². The lowest BCUT2D eigenvalue weighted by Crippen LogP contribution is -2.26. The number of carbonyl (C=O) groups is 2. The molecule has 0 radical (unpaired) electrons. The molecule has 1 aromatic carbocycles. The van der Waals surface area contributed by atoms with E-state index in [0.29, 0.717) is 6.08 Å². The van der Waals surface area contributed by atoms with E-state index in [1.54, 1.807) is 18.2 Å². The molecule has 22 heavy (non-hydrogen) atoms. The van der Waals surface area contributed by atoms with Gasteiger partial charge < -0.3 is 14.7 Å². The van der Waals surface area contributed by atoms with Gasteiger partial charge >= 0.3 is 11.9 Å². The number of hydrogen-bond donors (Lipinski definition) is 1. The monoisotopic (exact) mass is 308 g/mol. The minimum absolute atomic E-state index is 0.148. The quantitative estimate of drug-likeness (QED) is 0.261. The number of para-hydroxylation sites is 2. The Balaban J connectivity index is 2.73. The van der Waals surface area contributed by atoms with E-state index in [-0.39, 0.29) is 11.5 Å². The van der Waals surface area contributed by atoms with Gasteiger partial charge in [0.1, 0.15) is 5.60 Å². The molecule has 1 aromatic rings. The van der Waals surface area contributed by atoms with Gasteiger partial charge in [0.25, 0.3) is 0 Å².